The number of hydrogen-bond acceptors (Lipinski definition) is 5. The van der Waals surface area contributed by atoms with E-state index in [-0.39, 0.29) is 0 Å². The summed E-state index contributed by atoms with van der Waals surface area (Å²) in [7, 11) is 0. The Morgan fingerprint density at radius 3 is 2.19 bits per heavy atom. The molecule has 1 aromatic heterocycles. The van der Waals surface area contributed by atoms with Crippen LogP contribution in [0.5, 0.6) is 5.75 Å². The third-order valence-electron chi connectivity index (χ3n) is 8.35. The lowest BCUT2D eigenvalue weighted by atomic mass is 9.98. The van der Waals surface area contributed by atoms with Crippen LogP contribution in [0, 0.1) is 0 Å². The first-order valence-corrected chi connectivity index (χ1v) is 15.6. The minimum atomic E-state index is 0.388. The predicted molar refractivity (Wildman–Crippen MR) is 192 cm³/mol. The van der Waals surface area contributed by atoms with Gasteiger partial charge < -0.3 is 19.8 Å². The second kappa shape index (κ2) is 12.2. The third kappa shape index (κ3) is 5.67. The highest BCUT2D eigenvalue weighted by molar-refractivity contribution is 5.97. The van der Waals surface area contributed by atoms with Gasteiger partial charge in [0.15, 0.2) is 5.58 Å². The van der Waals surface area contributed by atoms with Crippen LogP contribution in [0.15, 0.2) is 168 Å². The second-order valence-corrected chi connectivity index (χ2v) is 11.4. The molecular weight excluding hydrogens is 578 g/mol. The van der Waals surface area contributed by atoms with Gasteiger partial charge in [0.05, 0.1) is 5.69 Å². The van der Waals surface area contributed by atoms with Crippen LogP contribution >= 0.6 is 0 Å². The molecule has 0 bridgehead atoms. The normalized spacial score (nSPS) is 11.1. The molecular formula is C42H31N3O2. The summed E-state index contributed by atoms with van der Waals surface area (Å²) >= 11 is 0. The summed E-state index contributed by atoms with van der Waals surface area (Å²) in [5.41, 5.74) is 15.7. The summed E-state index contributed by atoms with van der Waals surface area (Å²) in [6.07, 6.45) is 0. The molecule has 8 rings (SSSR count). The van der Waals surface area contributed by atoms with Gasteiger partial charge in [-0.15, -0.1) is 0 Å². The zero-order chi connectivity index (χ0) is 31.6. The van der Waals surface area contributed by atoms with E-state index < -0.39 is 0 Å². The molecule has 0 saturated carbocycles. The molecule has 0 saturated heterocycles. The van der Waals surface area contributed by atoms with E-state index in [0.717, 1.165) is 44.9 Å². The maximum absolute atomic E-state index is 6.15. The standard InChI is InChI=1S/C42H31N3O2/c43-38-18-3-5-20-40(38)46-28-29-10-7-14-34(26-29)45(35-15-8-13-32(27-35)42-44-39-19-4-6-21-41(39)47-42)33-24-22-31(23-25-33)37-17-9-12-30-11-1-2-16-36(30)37/h1-27H,28,43H2. The number of anilines is 4. The van der Waals surface area contributed by atoms with Gasteiger partial charge in [-0.25, -0.2) is 4.98 Å². The van der Waals surface area contributed by atoms with Crippen molar-refractivity contribution in [2.45, 2.75) is 6.61 Å². The van der Waals surface area contributed by atoms with Crippen molar-refractivity contribution in [3.63, 3.8) is 0 Å². The van der Waals surface area contributed by atoms with Crippen LogP contribution in [-0.2, 0) is 6.61 Å². The van der Waals surface area contributed by atoms with E-state index in [0.29, 0.717) is 23.9 Å². The van der Waals surface area contributed by atoms with Crippen molar-refractivity contribution in [1.82, 2.24) is 4.98 Å². The van der Waals surface area contributed by atoms with Gasteiger partial charge in [0.1, 0.15) is 17.9 Å². The second-order valence-electron chi connectivity index (χ2n) is 11.4. The lowest BCUT2D eigenvalue weighted by Gasteiger charge is -2.26. The van der Waals surface area contributed by atoms with Crippen LogP contribution in [-0.4, -0.2) is 4.98 Å². The van der Waals surface area contributed by atoms with Crippen LogP contribution in [0.4, 0.5) is 22.7 Å². The molecule has 0 aliphatic heterocycles. The van der Waals surface area contributed by atoms with Crippen LogP contribution in [0.2, 0.25) is 0 Å². The smallest absolute Gasteiger partial charge is 0.227 e. The summed E-state index contributed by atoms with van der Waals surface area (Å²) < 4.78 is 12.3. The Balaban J connectivity index is 1.19. The molecule has 0 unspecified atom stereocenters. The van der Waals surface area contributed by atoms with Crippen LogP contribution < -0.4 is 15.4 Å². The Kier molecular flexibility index (Phi) is 7.32. The zero-order valence-corrected chi connectivity index (χ0v) is 25.6. The number of fused-ring (bicyclic) bond motifs is 2. The summed E-state index contributed by atoms with van der Waals surface area (Å²) in [5, 5.41) is 2.46. The van der Waals surface area contributed by atoms with Crippen molar-refractivity contribution in [3.8, 4) is 28.3 Å². The lowest BCUT2D eigenvalue weighted by molar-refractivity contribution is 0.308. The Hall–Kier alpha value is -6.33. The molecule has 1 heterocycles. The fraction of sp³-hybridized carbons (Fsp3) is 0.0238. The molecule has 0 amide bonds. The minimum absolute atomic E-state index is 0.388. The number of nitrogens with zero attached hydrogens (tertiary/aromatic N) is 2. The number of para-hydroxylation sites is 4. The number of nitrogen functional groups attached to an aromatic ring is 1. The first-order valence-electron chi connectivity index (χ1n) is 15.6. The first-order chi connectivity index (χ1) is 23.2. The lowest BCUT2D eigenvalue weighted by Crippen LogP contribution is -2.10. The summed E-state index contributed by atoms with van der Waals surface area (Å²) in [4.78, 5) is 7.01. The van der Waals surface area contributed by atoms with Crippen LogP contribution in [0.1, 0.15) is 5.56 Å². The molecule has 47 heavy (non-hydrogen) atoms. The number of ether oxygens (including phenoxy) is 1. The maximum Gasteiger partial charge on any atom is 0.227 e. The van der Waals surface area contributed by atoms with Gasteiger partial charge in [0.25, 0.3) is 0 Å². The van der Waals surface area contributed by atoms with Gasteiger partial charge in [0, 0.05) is 22.6 Å². The van der Waals surface area contributed by atoms with E-state index in [4.69, 9.17) is 19.9 Å². The first kappa shape index (κ1) is 28.2. The van der Waals surface area contributed by atoms with Gasteiger partial charge in [-0.2, -0.15) is 0 Å². The van der Waals surface area contributed by atoms with Crippen molar-refractivity contribution in [2.75, 3.05) is 10.6 Å². The molecule has 0 radical (unpaired) electrons. The van der Waals surface area contributed by atoms with Crippen molar-refractivity contribution < 1.29 is 9.15 Å². The monoisotopic (exact) mass is 609 g/mol. The van der Waals surface area contributed by atoms with Crippen molar-refractivity contribution >= 4 is 44.6 Å². The quantitative estimate of drug-likeness (QED) is 0.174. The average molecular weight is 610 g/mol. The van der Waals surface area contributed by atoms with E-state index in [2.05, 4.69) is 108 Å². The number of hydrogen-bond donors (Lipinski definition) is 1. The Bertz CT molecular complexity index is 2300. The summed E-state index contributed by atoms with van der Waals surface area (Å²) in [6, 6.07) is 55.8. The number of nitrogens with two attached hydrogens (primary N) is 1. The van der Waals surface area contributed by atoms with E-state index in [9.17, 15) is 0 Å². The highest BCUT2D eigenvalue weighted by Crippen LogP contribution is 2.39. The number of oxazole rings is 1. The van der Waals surface area contributed by atoms with Crippen molar-refractivity contribution in [2.24, 2.45) is 0 Å². The number of aromatic nitrogens is 1. The average Bonchev–Trinajstić information content (AvgIpc) is 3.57. The minimum Gasteiger partial charge on any atom is -0.487 e. The third-order valence-corrected chi connectivity index (χ3v) is 8.35. The largest absolute Gasteiger partial charge is 0.487 e. The van der Waals surface area contributed by atoms with E-state index in [1.54, 1.807) is 0 Å². The molecule has 8 aromatic rings. The van der Waals surface area contributed by atoms with Gasteiger partial charge >= 0.3 is 0 Å². The molecule has 5 heteroatoms. The van der Waals surface area contributed by atoms with E-state index in [1.165, 1.54) is 16.3 Å². The molecule has 226 valence electrons. The summed E-state index contributed by atoms with van der Waals surface area (Å²) in [6.45, 7) is 0.388. The Morgan fingerprint density at radius 1 is 0.596 bits per heavy atom. The predicted octanol–water partition coefficient (Wildman–Crippen LogP) is 10.9. The Morgan fingerprint density at radius 2 is 1.32 bits per heavy atom. The fourth-order valence-corrected chi connectivity index (χ4v) is 6.05. The van der Waals surface area contributed by atoms with Crippen LogP contribution in [0.3, 0.4) is 0 Å². The molecule has 0 fully saturated rings. The van der Waals surface area contributed by atoms with Gasteiger partial charge in [-0.05, 0) is 94.2 Å². The highest BCUT2D eigenvalue weighted by Gasteiger charge is 2.17. The number of benzene rings is 7. The van der Waals surface area contributed by atoms with Gasteiger partial charge in [-0.1, -0.05) is 97.1 Å². The molecule has 7 aromatic carbocycles. The Labute approximate surface area is 273 Å². The molecule has 0 aliphatic carbocycles. The number of rotatable bonds is 8. The van der Waals surface area contributed by atoms with E-state index >= 15 is 0 Å². The summed E-state index contributed by atoms with van der Waals surface area (Å²) in [5.74, 6) is 1.26. The zero-order valence-electron chi connectivity index (χ0n) is 25.6. The van der Waals surface area contributed by atoms with Crippen LogP contribution in [0.25, 0.3) is 44.5 Å². The molecule has 0 atom stereocenters. The van der Waals surface area contributed by atoms with Crippen molar-refractivity contribution in [3.05, 3.63) is 169 Å². The molecule has 0 spiro atoms. The SMILES string of the molecule is Nc1ccccc1OCc1cccc(N(c2ccc(-c3cccc4ccccc34)cc2)c2cccc(-c3nc4ccccc4o3)c2)c1. The van der Waals surface area contributed by atoms with Crippen molar-refractivity contribution in [1.29, 1.82) is 0 Å². The molecule has 2 N–H and O–H groups in total. The van der Waals surface area contributed by atoms with E-state index in [1.807, 2.05) is 60.7 Å². The maximum atomic E-state index is 6.15. The fourth-order valence-electron chi connectivity index (χ4n) is 6.05. The topological polar surface area (TPSA) is 64.5 Å². The highest BCUT2D eigenvalue weighted by atomic mass is 16.5. The molecule has 5 nitrogen and oxygen atoms in total. The molecule has 0 aliphatic rings. The van der Waals surface area contributed by atoms with Gasteiger partial charge in [-0.3, -0.25) is 0 Å². The van der Waals surface area contributed by atoms with Gasteiger partial charge in [0.2, 0.25) is 5.89 Å².